The Kier molecular flexibility index (Phi) is 4.90. The zero-order valence-electron chi connectivity index (χ0n) is 12.0. The maximum atomic E-state index is 5.21. The maximum Gasteiger partial charge on any atom is 0.221 e. The van der Waals surface area contributed by atoms with E-state index < -0.39 is 0 Å². The van der Waals surface area contributed by atoms with E-state index >= 15 is 0 Å². The Morgan fingerprint density at radius 2 is 1.85 bits per heavy atom. The summed E-state index contributed by atoms with van der Waals surface area (Å²) < 4.78 is 10.4. The second kappa shape index (κ2) is 6.86. The van der Waals surface area contributed by atoms with Crippen LogP contribution in [0.1, 0.15) is 16.7 Å². The molecular formula is C15H19N3O2. The number of nitrogens with one attached hydrogen (secondary N) is 1. The summed E-state index contributed by atoms with van der Waals surface area (Å²) >= 11 is 0. The van der Waals surface area contributed by atoms with Crippen molar-refractivity contribution in [2.75, 3.05) is 19.5 Å². The first kappa shape index (κ1) is 14.3. The van der Waals surface area contributed by atoms with Gasteiger partial charge in [-0.15, -0.1) is 0 Å². The molecule has 0 spiro atoms. The third-order valence-corrected chi connectivity index (χ3v) is 3.10. The predicted molar refractivity (Wildman–Crippen MR) is 77.8 cm³/mol. The number of ether oxygens (including phenoxy) is 2. The first-order valence-corrected chi connectivity index (χ1v) is 6.41. The normalized spacial score (nSPS) is 10.3. The van der Waals surface area contributed by atoms with E-state index in [9.17, 15) is 0 Å². The Labute approximate surface area is 119 Å². The first-order valence-electron chi connectivity index (χ1n) is 6.41. The van der Waals surface area contributed by atoms with E-state index in [1.54, 1.807) is 14.2 Å². The number of hydrogen-bond acceptors (Lipinski definition) is 5. The van der Waals surface area contributed by atoms with Gasteiger partial charge in [-0.3, -0.25) is 0 Å². The monoisotopic (exact) mass is 273 g/mol. The summed E-state index contributed by atoms with van der Waals surface area (Å²) in [7, 11) is 3.30. The van der Waals surface area contributed by atoms with Gasteiger partial charge in [-0.2, -0.15) is 0 Å². The molecule has 0 fully saturated rings. The number of nitrogens with zero attached hydrogens (tertiary/aromatic N) is 2. The van der Waals surface area contributed by atoms with Gasteiger partial charge in [0.2, 0.25) is 5.88 Å². The average Bonchev–Trinajstić information content (AvgIpc) is 2.48. The first-order chi connectivity index (χ1) is 9.76. The standard InChI is InChI=1S/C15H19N3O2/c1-11-14(17-10-18-15(11)20-3)16-8-12-6-4-5-7-13(12)9-19-2/h4-7,10H,8-9H2,1-3H3,(H,16,17,18). The van der Waals surface area contributed by atoms with Crippen molar-refractivity contribution in [3.63, 3.8) is 0 Å². The van der Waals surface area contributed by atoms with Crippen LogP contribution in [-0.2, 0) is 17.9 Å². The lowest BCUT2D eigenvalue weighted by atomic mass is 10.1. The molecule has 1 heterocycles. The zero-order valence-corrected chi connectivity index (χ0v) is 12.0. The Hall–Kier alpha value is -2.14. The fourth-order valence-electron chi connectivity index (χ4n) is 2.02. The maximum absolute atomic E-state index is 5.21. The molecule has 1 N–H and O–H groups in total. The largest absolute Gasteiger partial charge is 0.481 e. The van der Waals surface area contributed by atoms with Crippen molar-refractivity contribution in [1.29, 1.82) is 0 Å². The van der Waals surface area contributed by atoms with Crippen molar-refractivity contribution < 1.29 is 9.47 Å². The van der Waals surface area contributed by atoms with Crippen molar-refractivity contribution in [2.45, 2.75) is 20.1 Å². The molecule has 0 aliphatic heterocycles. The van der Waals surface area contributed by atoms with Crippen molar-refractivity contribution in [1.82, 2.24) is 9.97 Å². The third kappa shape index (κ3) is 3.24. The number of methoxy groups -OCH3 is 2. The molecule has 5 heteroatoms. The molecule has 0 aliphatic rings. The molecule has 1 aromatic heterocycles. The summed E-state index contributed by atoms with van der Waals surface area (Å²) in [5, 5.41) is 3.32. The van der Waals surface area contributed by atoms with Crippen LogP contribution < -0.4 is 10.1 Å². The smallest absolute Gasteiger partial charge is 0.221 e. The summed E-state index contributed by atoms with van der Waals surface area (Å²) in [4.78, 5) is 8.31. The topological polar surface area (TPSA) is 56.3 Å². The quantitative estimate of drug-likeness (QED) is 0.876. The van der Waals surface area contributed by atoms with E-state index in [-0.39, 0.29) is 0 Å². The number of anilines is 1. The summed E-state index contributed by atoms with van der Waals surface area (Å²) in [6.45, 7) is 3.21. The Morgan fingerprint density at radius 1 is 1.10 bits per heavy atom. The second-order valence-corrected chi connectivity index (χ2v) is 4.41. The van der Waals surface area contributed by atoms with Crippen molar-refractivity contribution in [2.24, 2.45) is 0 Å². The molecule has 20 heavy (non-hydrogen) atoms. The molecular weight excluding hydrogens is 254 g/mol. The van der Waals surface area contributed by atoms with Gasteiger partial charge in [0.1, 0.15) is 12.1 Å². The van der Waals surface area contributed by atoms with Crippen LogP contribution in [0.3, 0.4) is 0 Å². The van der Waals surface area contributed by atoms with Gasteiger partial charge in [-0.05, 0) is 18.1 Å². The highest BCUT2D eigenvalue weighted by Crippen LogP contribution is 2.21. The summed E-state index contributed by atoms with van der Waals surface area (Å²) in [5.41, 5.74) is 3.26. The van der Waals surface area contributed by atoms with Gasteiger partial charge < -0.3 is 14.8 Å². The second-order valence-electron chi connectivity index (χ2n) is 4.41. The molecule has 0 aliphatic carbocycles. The fraction of sp³-hybridized carbons (Fsp3) is 0.333. The van der Waals surface area contributed by atoms with E-state index in [4.69, 9.17) is 9.47 Å². The Balaban J connectivity index is 2.13. The van der Waals surface area contributed by atoms with E-state index in [0.717, 1.165) is 11.4 Å². The lowest BCUT2D eigenvalue weighted by Crippen LogP contribution is -2.07. The van der Waals surface area contributed by atoms with Gasteiger partial charge in [0.05, 0.1) is 19.3 Å². The van der Waals surface area contributed by atoms with Gasteiger partial charge in [0, 0.05) is 13.7 Å². The molecule has 5 nitrogen and oxygen atoms in total. The highest BCUT2D eigenvalue weighted by molar-refractivity contribution is 5.48. The highest BCUT2D eigenvalue weighted by Gasteiger charge is 2.08. The van der Waals surface area contributed by atoms with Crippen molar-refractivity contribution >= 4 is 5.82 Å². The SMILES string of the molecule is COCc1ccccc1CNc1ncnc(OC)c1C. The molecule has 2 rings (SSSR count). The molecule has 0 radical (unpaired) electrons. The molecule has 2 aromatic rings. The summed E-state index contributed by atoms with van der Waals surface area (Å²) in [5.74, 6) is 1.37. The van der Waals surface area contributed by atoms with Crippen molar-refractivity contribution in [3.8, 4) is 5.88 Å². The van der Waals surface area contributed by atoms with E-state index in [1.165, 1.54) is 17.5 Å². The minimum atomic E-state index is 0.590. The lowest BCUT2D eigenvalue weighted by molar-refractivity contribution is 0.184. The average molecular weight is 273 g/mol. The minimum absolute atomic E-state index is 0.590. The van der Waals surface area contributed by atoms with Gasteiger partial charge in [-0.1, -0.05) is 24.3 Å². The fourth-order valence-corrected chi connectivity index (χ4v) is 2.02. The molecule has 1 aromatic carbocycles. The van der Waals surface area contributed by atoms with Gasteiger partial charge in [0.25, 0.3) is 0 Å². The summed E-state index contributed by atoms with van der Waals surface area (Å²) in [6, 6.07) is 8.17. The van der Waals surface area contributed by atoms with Gasteiger partial charge in [0.15, 0.2) is 0 Å². The van der Waals surface area contributed by atoms with Crippen LogP contribution in [-0.4, -0.2) is 24.2 Å². The number of aromatic nitrogens is 2. The van der Waals surface area contributed by atoms with Gasteiger partial charge >= 0.3 is 0 Å². The van der Waals surface area contributed by atoms with E-state index in [2.05, 4.69) is 27.4 Å². The van der Waals surface area contributed by atoms with Crippen LogP contribution in [0.2, 0.25) is 0 Å². The van der Waals surface area contributed by atoms with Crippen LogP contribution in [0.4, 0.5) is 5.82 Å². The lowest BCUT2D eigenvalue weighted by Gasteiger charge is -2.12. The van der Waals surface area contributed by atoms with Gasteiger partial charge in [-0.25, -0.2) is 9.97 Å². The summed E-state index contributed by atoms with van der Waals surface area (Å²) in [6.07, 6.45) is 1.50. The molecule has 0 saturated heterocycles. The van der Waals surface area contributed by atoms with Crippen LogP contribution >= 0.6 is 0 Å². The molecule has 0 saturated carbocycles. The third-order valence-electron chi connectivity index (χ3n) is 3.10. The molecule has 0 atom stereocenters. The Morgan fingerprint density at radius 3 is 2.55 bits per heavy atom. The van der Waals surface area contributed by atoms with Crippen LogP contribution in [0.5, 0.6) is 5.88 Å². The predicted octanol–water partition coefficient (Wildman–Crippen LogP) is 2.55. The Bertz CT molecular complexity index is 573. The van der Waals surface area contributed by atoms with Crippen LogP contribution in [0.25, 0.3) is 0 Å². The van der Waals surface area contributed by atoms with Crippen LogP contribution in [0, 0.1) is 6.92 Å². The van der Waals surface area contributed by atoms with E-state index in [0.29, 0.717) is 19.0 Å². The van der Waals surface area contributed by atoms with Crippen molar-refractivity contribution in [3.05, 3.63) is 47.3 Å². The molecule has 0 unspecified atom stereocenters. The zero-order chi connectivity index (χ0) is 14.4. The number of hydrogen-bond donors (Lipinski definition) is 1. The number of rotatable bonds is 6. The number of benzene rings is 1. The molecule has 0 bridgehead atoms. The molecule has 106 valence electrons. The minimum Gasteiger partial charge on any atom is -0.481 e. The van der Waals surface area contributed by atoms with E-state index in [1.807, 2.05) is 19.1 Å². The molecule has 0 amide bonds. The van der Waals surface area contributed by atoms with Crippen LogP contribution in [0.15, 0.2) is 30.6 Å². The highest BCUT2D eigenvalue weighted by atomic mass is 16.5.